The highest BCUT2D eigenvalue weighted by Crippen LogP contribution is 2.22. The van der Waals surface area contributed by atoms with Crippen LogP contribution in [0, 0.1) is 0 Å². The minimum atomic E-state index is -0.589. The van der Waals surface area contributed by atoms with E-state index in [1.54, 1.807) is 10.9 Å². The number of benzene rings is 2. The summed E-state index contributed by atoms with van der Waals surface area (Å²) in [4.78, 5) is 0. The molecule has 1 N–H and O–H groups in total. The van der Waals surface area contributed by atoms with Gasteiger partial charge in [0.1, 0.15) is 18.5 Å². The zero-order chi connectivity index (χ0) is 15.2. The Morgan fingerprint density at radius 2 is 1.68 bits per heavy atom. The Kier molecular flexibility index (Phi) is 4.51. The molecule has 0 bridgehead atoms. The number of hydrogen-bond acceptors (Lipinski definition) is 3. The Bertz CT molecular complexity index is 679. The summed E-state index contributed by atoms with van der Waals surface area (Å²) in [7, 11) is 0. The standard InChI is InChI=1S/C18H18N2O2/c21-17(13-20-12-4-11-19-20)14-22-18-9-7-16(8-10-18)15-5-2-1-3-6-15/h1-12,17,21H,13-14H2. The fourth-order valence-electron chi connectivity index (χ4n) is 2.24. The third-order valence-electron chi connectivity index (χ3n) is 3.36. The maximum Gasteiger partial charge on any atom is 0.119 e. The molecule has 4 nitrogen and oxygen atoms in total. The van der Waals surface area contributed by atoms with Gasteiger partial charge in [0.05, 0.1) is 6.54 Å². The molecule has 1 unspecified atom stereocenters. The monoisotopic (exact) mass is 294 g/mol. The van der Waals surface area contributed by atoms with Crippen LogP contribution in [0.3, 0.4) is 0 Å². The molecule has 0 aliphatic rings. The van der Waals surface area contributed by atoms with Crippen LogP contribution in [0.1, 0.15) is 0 Å². The van der Waals surface area contributed by atoms with Crippen molar-refractivity contribution in [3.8, 4) is 16.9 Å². The Hall–Kier alpha value is -2.59. The van der Waals surface area contributed by atoms with E-state index in [4.69, 9.17) is 4.74 Å². The summed E-state index contributed by atoms with van der Waals surface area (Å²) < 4.78 is 7.30. The SMILES string of the molecule is OC(COc1ccc(-c2ccccc2)cc1)Cn1cccn1. The first kappa shape index (κ1) is 14.4. The first-order valence-corrected chi connectivity index (χ1v) is 7.25. The van der Waals surface area contributed by atoms with Crippen molar-refractivity contribution in [1.82, 2.24) is 9.78 Å². The van der Waals surface area contributed by atoms with Crippen molar-refractivity contribution >= 4 is 0 Å². The van der Waals surface area contributed by atoms with Gasteiger partial charge in [0.15, 0.2) is 0 Å². The molecule has 0 aliphatic heterocycles. The fourth-order valence-corrected chi connectivity index (χ4v) is 2.24. The average molecular weight is 294 g/mol. The molecule has 4 heteroatoms. The van der Waals surface area contributed by atoms with Crippen LogP contribution >= 0.6 is 0 Å². The molecule has 112 valence electrons. The molecule has 0 aliphatic carbocycles. The lowest BCUT2D eigenvalue weighted by Crippen LogP contribution is -2.23. The summed E-state index contributed by atoms with van der Waals surface area (Å²) in [6.45, 7) is 0.666. The van der Waals surface area contributed by atoms with Crippen LogP contribution in [0.4, 0.5) is 0 Å². The van der Waals surface area contributed by atoms with Gasteiger partial charge in [-0.25, -0.2) is 0 Å². The van der Waals surface area contributed by atoms with Crippen LogP contribution in [0.25, 0.3) is 11.1 Å². The molecule has 0 saturated carbocycles. The number of aliphatic hydroxyl groups excluding tert-OH is 1. The molecule has 1 heterocycles. The summed E-state index contributed by atoms with van der Waals surface area (Å²) in [6, 6.07) is 19.9. The van der Waals surface area contributed by atoms with E-state index in [0.29, 0.717) is 6.54 Å². The Labute approximate surface area is 129 Å². The van der Waals surface area contributed by atoms with E-state index in [2.05, 4.69) is 17.2 Å². The summed E-state index contributed by atoms with van der Waals surface area (Å²) in [5, 5.41) is 14.0. The molecule has 1 atom stereocenters. The van der Waals surface area contributed by atoms with Crippen molar-refractivity contribution in [2.75, 3.05) is 6.61 Å². The first-order valence-electron chi connectivity index (χ1n) is 7.25. The summed E-state index contributed by atoms with van der Waals surface area (Å²) in [5.74, 6) is 0.749. The Balaban J connectivity index is 1.55. The topological polar surface area (TPSA) is 47.3 Å². The highest BCUT2D eigenvalue weighted by atomic mass is 16.5. The quantitative estimate of drug-likeness (QED) is 0.760. The second-order valence-corrected chi connectivity index (χ2v) is 5.08. The highest BCUT2D eigenvalue weighted by molar-refractivity contribution is 5.63. The Morgan fingerprint density at radius 3 is 2.36 bits per heavy atom. The van der Waals surface area contributed by atoms with Crippen molar-refractivity contribution < 1.29 is 9.84 Å². The van der Waals surface area contributed by atoms with E-state index in [-0.39, 0.29) is 6.61 Å². The lowest BCUT2D eigenvalue weighted by Gasteiger charge is -2.12. The van der Waals surface area contributed by atoms with E-state index < -0.39 is 6.10 Å². The predicted molar refractivity (Wildman–Crippen MR) is 85.6 cm³/mol. The van der Waals surface area contributed by atoms with Crippen molar-refractivity contribution in [2.45, 2.75) is 12.6 Å². The number of ether oxygens (including phenoxy) is 1. The smallest absolute Gasteiger partial charge is 0.119 e. The lowest BCUT2D eigenvalue weighted by atomic mass is 10.1. The van der Waals surface area contributed by atoms with Crippen molar-refractivity contribution in [2.24, 2.45) is 0 Å². The van der Waals surface area contributed by atoms with Gasteiger partial charge in [0, 0.05) is 12.4 Å². The largest absolute Gasteiger partial charge is 0.491 e. The van der Waals surface area contributed by atoms with Crippen molar-refractivity contribution in [3.63, 3.8) is 0 Å². The number of nitrogens with zero attached hydrogens (tertiary/aromatic N) is 2. The molecule has 3 rings (SSSR count). The maximum absolute atomic E-state index is 9.93. The third-order valence-corrected chi connectivity index (χ3v) is 3.36. The molecule has 0 spiro atoms. The van der Waals surface area contributed by atoms with Gasteiger partial charge in [-0.2, -0.15) is 5.10 Å². The first-order chi connectivity index (χ1) is 10.8. The van der Waals surface area contributed by atoms with Gasteiger partial charge in [-0.1, -0.05) is 42.5 Å². The number of aliphatic hydroxyl groups is 1. The summed E-state index contributed by atoms with van der Waals surface area (Å²) >= 11 is 0. The molecule has 3 aromatic rings. The van der Waals surface area contributed by atoms with Crippen LogP contribution in [-0.2, 0) is 6.54 Å². The molecule has 0 saturated heterocycles. The molecular formula is C18H18N2O2. The summed E-state index contributed by atoms with van der Waals surface area (Å²) in [5.41, 5.74) is 2.32. The normalized spacial score (nSPS) is 12.0. The number of hydrogen-bond donors (Lipinski definition) is 1. The van der Waals surface area contributed by atoms with Crippen LogP contribution in [0.15, 0.2) is 73.1 Å². The number of aromatic nitrogens is 2. The lowest BCUT2D eigenvalue weighted by molar-refractivity contribution is 0.0893. The van der Waals surface area contributed by atoms with Gasteiger partial charge >= 0.3 is 0 Å². The van der Waals surface area contributed by atoms with Crippen LogP contribution < -0.4 is 4.74 Å². The molecule has 0 radical (unpaired) electrons. The fraction of sp³-hybridized carbons (Fsp3) is 0.167. The van der Waals surface area contributed by atoms with E-state index in [1.165, 1.54) is 5.56 Å². The molecule has 2 aromatic carbocycles. The van der Waals surface area contributed by atoms with E-state index in [1.807, 2.05) is 54.7 Å². The highest BCUT2D eigenvalue weighted by Gasteiger charge is 2.06. The minimum absolute atomic E-state index is 0.241. The second-order valence-electron chi connectivity index (χ2n) is 5.08. The molecular weight excluding hydrogens is 276 g/mol. The molecule has 0 amide bonds. The van der Waals surface area contributed by atoms with Gasteiger partial charge in [-0.3, -0.25) is 4.68 Å². The van der Waals surface area contributed by atoms with Gasteiger partial charge in [-0.05, 0) is 29.3 Å². The maximum atomic E-state index is 9.93. The van der Waals surface area contributed by atoms with E-state index in [0.717, 1.165) is 11.3 Å². The van der Waals surface area contributed by atoms with Crippen LogP contribution in [0.2, 0.25) is 0 Å². The van der Waals surface area contributed by atoms with E-state index in [9.17, 15) is 5.11 Å². The predicted octanol–water partition coefficient (Wildman–Crippen LogP) is 2.99. The zero-order valence-corrected chi connectivity index (χ0v) is 12.2. The second kappa shape index (κ2) is 6.91. The van der Waals surface area contributed by atoms with E-state index >= 15 is 0 Å². The van der Waals surface area contributed by atoms with Crippen molar-refractivity contribution in [3.05, 3.63) is 73.1 Å². The molecule has 0 fully saturated rings. The Morgan fingerprint density at radius 1 is 0.955 bits per heavy atom. The minimum Gasteiger partial charge on any atom is -0.491 e. The van der Waals surface area contributed by atoms with Crippen molar-refractivity contribution in [1.29, 1.82) is 0 Å². The molecule has 1 aromatic heterocycles. The van der Waals surface area contributed by atoms with Crippen LogP contribution in [0.5, 0.6) is 5.75 Å². The van der Waals surface area contributed by atoms with Crippen LogP contribution in [-0.4, -0.2) is 27.6 Å². The van der Waals surface area contributed by atoms with Gasteiger partial charge in [0.25, 0.3) is 0 Å². The zero-order valence-electron chi connectivity index (χ0n) is 12.2. The third kappa shape index (κ3) is 3.74. The number of rotatable bonds is 6. The summed E-state index contributed by atoms with van der Waals surface area (Å²) in [6.07, 6.45) is 2.92. The van der Waals surface area contributed by atoms with Gasteiger partial charge in [0.2, 0.25) is 0 Å². The van der Waals surface area contributed by atoms with Gasteiger partial charge in [-0.15, -0.1) is 0 Å². The molecule has 22 heavy (non-hydrogen) atoms. The van der Waals surface area contributed by atoms with Gasteiger partial charge < -0.3 is 9.84 Å². The average Bonchev–Trinajstić information content (AvgIpc) is 3.07.